The van der Waals surface area contributed by atoms with Gasteiger partial charge < -0.3 is 25.2 Å². The zero-order valence-electron chi connectivity index (χ0n) is 10.4. The van der Waals surface area contributed by atoms with Crippen molar-refractivity contribution in [2.24, 2.45) is 0 Å². The molecule has 10 nitrogen and oxygen atoms in total. The molecular formula is C9H16N5Na2O5P. The molecule has 0 saturated carbocycles. The normalized spacial score (nSPS) is 11.0. The van der Waals surface area contributed by atoms with Crippen LogP contribution in [0.3, 0.4) is 0 Å². The van der Waals surface area contributed by atoms with E-state index in [1.807, 2.05) is 0 Å². The molecule has 0 aliphatic carbocycles. The number of ether oxygens (including phenoxy) is 1. The molecule has 0 atom stereocenters. The van der Waals surface area contributed by atoms with Crippen molar-refractivity contribution in [1.82, 2.24) is 19.9 Å². The van der Waals surface area contributed by atoms with Crippen LogP contribution in [0.1, 0.15) is 12.2 Å². The second-order valence-electron chi connectivity index (χ2n) is 4.14. The van der Waals surface area contributed by atoms with Gasteiger partial charge in [-0.05, 0) is 6.42 Å². The van der Waals surface area contributed by atoms with Crippen molar-refractivity contribution >= 4 is 83.8 Å². The standard InChI is InChI=1S/C9H14N5O5P.2Na.2H/c10-9-13-7-6(8(15)14-9)11-5(12-7)2-1-3-19-4-20(16,17)18;;;;/h1-4H2,(H2,16,17,18)(H4,10,11,12,13,14,15);;;;. The summed E-state index contributed by atoms with van der Waals surface area (Å²) in [6.45, 7) is 0.175. The summed E-state index contributed by atoms with van der Waals surface area (Å²) in [5, 5.41) is 0. The molecule has 0 spiro atoms. The third-order valence-electron chi connectivity index (χ3n) is 2.39. The summed E-state index contributed by atoms with van der Waals surface area (Å²) in [6, 6.07) is 0. The zero-order chi connectivity index (χ0) is 14.8. The van der Waals surface area contributed by atoms with Crippen LogP contribution in [0.25, 0.3) is 11.2 Å². The monoisotopic (exact) mass is 351 g/mol. The predicted octanol–water partition coefficient (Wildman–Crippen LogP) is -1.98. The molecule has 2 aromatic heterocycles. The molecule has 0 bridgehead atoms. The van der Waals surface area contributed by atoms with Crippen LogP contribution >= 0.6 is 7.60 Å². The van der Waals surface area contributed by atoms with Gasteiger partial charge in [0, 0.05) is 13.0 Å². The van der Waals surface area contributed by atoms with Gasteiger partial charge in [-0.3, -0.25) is 14.3 Å². The molecule has 2 rings (SSSR count). The van der Waals surface area contributed by atoms with Crippen molar-refractivity contribution in [3.8, 4) is 0 Å². The van der Waals surface area contributed by atoms with Gasteiger partial charge in [0.15, 0.2) is 11.2 Å². The summed E-state index contributed by atoms with van der Waals surface area (Å²) in [5.41, 5.74) is 5.48. The van der Waals surface area contributed by atoms with Crippen LogP contribution in [0.4, 0.5) is 5.95 Å². The average Bonchev–Trinajstić information content (AvgIpc) is 2.70. The summed E-state index contributed by atoms with van der Waals surface area (Å²) >= 11 is 0. The van der Waals surface area contributed by atoms with E-state index >= 15 is 0 Å². The van der Waals surface area contributed by atoms with Crippen LogP contribution in [0.2, 0.25) is 0 Å². The number of nitrogens with one attached hydrogen (secondary N) is 2. The maximum absolute atomic E-state index is 11.5. The molecule has 22 heavy (non-hydrogen) atoms. The first-order chi connectivity index (χ1) is 9.35. The first kappa shape index (κ1) is 22.3. The van der Waals surface area contributed by atoms with E-state index in [1.54, 1.807) is 0 Å². The quantitative estimate of drug-likeness (QED) is 0.227. The third-order valence-corrected chi connectivity index (χ3v) is 2.91. The summed E-state index contributed by atoms with van der Waals surface area (Å²) in [4.78, 5) is 41.9. The van der Waals surface area contributed by atoms with Gasteiger partial charge in [-0.25, -0.2) is 4.98 Å². The van der Waals surface area contributed by atoms with Crippen molar-refractivity contribution in [3.05, 3.63) is 16.2 Å². The van der Waals surface area contributed by atoms with E-state index in [2.05, 4.69) is 19.9 Å². The average molecular weight is 351 g/mol. The van der Waals surface area contributed by atoms with Crippen LogP contribution in [0.5, 0.6) is 0 Å². The number of hydrogen-bond acceptors (Lipinski definition) is 6. The van der Waals surface area contributed by atoms with Crippen molar-refractivity contribution in [3.63, 3.8) is 0 Å². The molecule has 0 aliphatic heterocycles. The third kappa shape index (κ3) is 6.79. The van der Waals surface area contributed by atoms with Gasteiger partial charge in [0.05, 0.1) is 0 Å². The van der Waals surface area contributed by atoms with Gasteiger partial charge >= 0.3 is 66.7 Å². The van der Waals surface area contributed by atoms with Crippen LogP contribution < -0.4 is 11.3 Å². The first-order valence-electron chi connectivity index (χ1n) is 5.72. The van der Waals surface area contributed by atoms with Crippen LogP contribution in [-0.2, 0) is 15.7 Å². The molecule has 13 heteroatoms. The summed E-state index contributed by atoms with van der Waals surface area (Å²) in [6.07, 6.45) is 0.342. The minimum absolute atomic E-state index is 0. The molecule has 0 saturated heterocycles. The van der Waals surface area contributed by atoms with E-state index in [4.69, 9.17) is 20.3 Å². The second-order valence-corrected chi connectivity index (χ2v) is 5.73. The molecule has 0 aromatic carbocycles. The van der Waals surface area contributed by atoms with Gasteiger partial charge in [-0.1, -0.05) is 0 Å². The molecule has 6 N–H and O–H groups in total. The van der Waals surface area contributed by atoms with Gasteiger partial charge in [0.2, 0.25) is 5.95 Å². The van der Waals surface area contributed by atoms with Crippen LogP contribution in [-0.4, -0.2) is 102 Å². The fourth-order valence-corrected chi connectivity index (χ4v) is 1.98. The van der Waals surface area contributed by atoms with Crippen LogP contribution in [0.15, 0.2) is 4.79 Å². The molecule has 0 amide bonds. The Labute approximate surface area is 169 Å². The molecular weight excluding hydrogens is 335 g/mol. The summed E-state index contributed by atoms with van der Waals surface area (Å²) in [5.74, 6) is 0.522. The van der Waals surface area contributed by atoms with E-state index < -0.39 is 19.5 Å². The Bertz CT molecular complexity index is 714. The number of nitrogens with two attached hydrogens (primary N) is 1. The minimum atomic E-state index is -4.13. The molecule has 0 aliphatic rings. The van der Waals surface area contributed by atoms with E-state index in [1.165, 1.54) is 0 Å². The zero-order valence-corrected chi connectivity index (χ0v) is 11.3. The van der Waals surface area contributed by atoms with Crippen molar-refractivity contribution in [2.45, 2.75) is 12.8 Å². The van der Waals surface area contributed by atoms with Crippen molar-refractivity contribution in [1.29, 1.82) is 0 Å². The number of anilines is 1. The van der Waals surface area contributed by atoms with Crippen molar-refractivity contribution < 1.29 is 19.1 Å². The number of imidazole rings is 1. The number of aromatic amines is 2. The predicted molar refractivity (Wildman–Crippen MR) is 84.4 cm³/mol. The molecule has 114 valence electrons. The Morgan fingerprint density at radius 1 is 1.23 bits per heavy atom. The Morgan fingerprint density at radius 3 is 2.55 bits per heavy atom. The van der Waals surface area contributed by atoms with E-state index in [0.29, 0.717) is 18.7 Å². The number of hydrogen-bond donors (Lipinski definition) is 5. The number of rotatable bonds is 6. The fourth-order valence-electron chi connectivity index (χ4n) is 1.62. The SMILES string of the molecule is Nc1nc2nc(CCCOCP(=O)(O)O)[nH]c2c(=O)[nH]1.[NaH].[NaH]. The van der Waals surface area contributed by atoms with Gasteiger partial charge in [-0.15, -0.1) is 0 Å². The fraction of sp³-hybridized carbons (Fsp3) is 0.444. The van der Waals surface area contributed by atoms with E-state index in [0.717, 1.165) is 0 Å². The van der Waals surface area contributed by atoms with E-state index in [9.17, 15) is 9.36 Å². The number of aromatic nitrogens is 4. The first-order valence-corrected chi connectivity index (χ1v) is 7.51. The Balaban J connectivity index is 0.00000220. The molecule has 0 fully saturated rings. The van der Waals surface area contributed by atoms with Crippen LogP contribution in [0, 0.1) is 0 Å². The number of nitrogens with zero attached hydrogens (tertiary/aromatic N) is 2. The molecule has 2 heterocycles. The molecule has 0 radical (unpaired) electrons. The van der Waals surface area contributed by atoms with Crippen molar-refractivity contribution in [2.75, 3.05) is 18.7 Å². The Hall–Kier alpha value is 0.260. The number of nitrogen functional groups attached to an aromatic ring is 1. The Morgan fingerprint density at radius 2 is 1.91 bits per heavy atom. The van der Waals surface area contributed by atoms with Gasteiger partial charge in [0.25, 0.3) is 5.56 Å². The van der Waals surface area contributed by atoms with E-state index in [-0.39, 0.29) is 82.8 Å². The number of aryl methyl sites for hydroxylation is 1. The Kier molecular flexibility index (Phi) is 9.64. The number of H-pyrrole nitrogens is 2. The van der Waals surface area contributed by atoms with Gasteiger partial charge in [-0.2, -0.15) is 4.98 Å². The number of fused-ring (bicyclic) bond motifs is 1. The molecule has 2 aromatic rings. The second kappa shape index (κ2) is 9.53. The molecule has 0 unspecified atom stereocenters. The maximum atomic E-state index is 11.5. The van der Waals surface area contributed by atoms with Gasteiger partial charge in [0.1, 0.15) is 12.2 Å². The summed E-state index contributed by atoms with van der Waals surface area (Å²) < 4.78 is 15.4. The topological polar surface area (TPSA) is 167 Å². The summed E-state index contributed by atoms with van der Waals surface area (Å²) in [7, 11) is -4.13.